The average molecular weight is 904 g/mol. The molecule has 1 amide bonds. The Morgan fingerprint density at radius 3 is 2.12 bits per heavy atom. The van der Waals surface area contributed by atoms with Gasteiger partial charge in [0, 0.05) is 18.7 Å². The number of aryl methyl sites for hydroxylation is 1. The molecule has 5 rings (SSSR count). The number of primary amides is 1. The SMILES string of the molecule is CCc1c(C(=O)C(N)=O)c2c(OCC(=O)OC)cccc2n1Cc1ccccc1.O=C(O)CCc1cc(I)c(Oc2ccc(O)cc2)c(I)c1. The molecule has 0 saturated heterocycles. The third-order valence-corrected chi connectivity index (χ3v) is 9.05. The largest absolute Gasteiger partial charge is 0.508 e. The second kappa shape index (κ2) is 17.8. The number of carbonyl (C=O) groups is 4. The number of aliphatic carboxylic acids is 1. The Kier molecular flexibility index (Phi) is 13.6. The number of carbonyl (C=O) groups excluding carboxylic acids is 3. The Morgan fingerprint density at radius 1 is 0.880 bits per heavy atom. The molecule has 260 valence electrons. The van der Waals surface area contributed by atoms with E-state index in [4.69, 9.17) is 20.3 Å². The Balaban J connectivity index is 0.000000237. The van der Waals surface area contributed by atoms with Gasteiger partial charge in [-0.3, -0.25) is 14.4 Å². The van der Waals surface area contributed by atoms with E-state index in [1.165, 1.54) is 7.11 Å². The number of halogens is 2. The molecular weight excluding hydrogens is 870 g/mol. The van der Waals surface area contributed by atoms with Crippen LogP contribution in [-0.2, 0) is 38.5 Å². The van der Waals surface area contributed by atoms with Crippen LogP contribution in [0.2, 0.25) is 0 Å². The van der Waals surface area contributed by atoms with Crippen molar-refractivity contribution in [3.05, 3.63) is 114 Å². The molecule has 0 aliphatic heterocycles. The van der Waals surface area contributed by atoms with E-state index in [9.17, 15) is 24.3 Å². The molecule has 0 aliphatic rings. The van der Waals surface area contributed by atoms with Crippen molar-refractivity contribution in [2.75, 3.05) is 13.7 Å². The topological polar surface area (TPSA) is 167 Å². The number of phenols is 1. The lowest BCUT2D eigenvalue weighted by atomic mass is 10.0. The molecule has 5 aromatic rings. The molecule has 0 radical (unpaired) electrons. The van der Waals surface area contributed by atoms with Crippen molar-refractivity contribution in [3.8, 4) is 23.0 Å². The highest BCUT2D eigenvalue weighted by molar-refractivity contribution is 14.1. The molecule has 0 bridgehead atoms. The van der Waals surface area contributed by atoms with E-state index in [0.29, 0.717) is 42.0 Å². The monoisotopic (exact) mass is 904 g/mol. The minimum atomic E-state index is -1.04. The van der Waals surface area contributed by atoms with Crippen molar-refractivity contribution >= 4 is 79.7 Å². The van der Waals surface area contributed by atoms with Gasteiger partial charge in [-0.2, -0.15) is 0 Å². The Bertz CT molecular complexity index is 1990. The number of amides is 1. The van der Waals surface area contributed by atoms with E-state index in [2.05, 4.69) is 49.9 Å². The number of ketones is 1. The van der Waals surface area contributed by atoms with E-state index in [1.807, 2.05) is 60.0 Å². The number of ether oxygens (including phenoxy) is 3. The molecule has 1 heterocycles. The molecule has 4 aromatic carbocycles. The molecule has 0 unspecified atom stereocenters. The van der Waals surface area contributed by atoms with Crippen LogP contribution in [0.4, 0.5) is 0 Å². The van der Waals surface area contributed by atoms with Gasteiger partial charge in [-0.1, -0.05) is 43.3 Å². The van der Waals surface area contributed by atoms with Crippen molar-refractivity contribution in [2.24, 2.45) is 5.73 Å². The second-order valence-electron chi connectivity index (χ2n) is 10.8. The molecule has 11 nitrogen and oxygen atoms in total. The van der Waals surface area contributed by atoms with Gasteiger partial charge >= 0.3 is 11.9 Å². The standard InChI is InChI=1S/C22H22N2O5.C15H12I2O4/c1-3-15-20(21(26)22(23)27)19-16(24(15)12-14-8-5-4-6-9-14)10-7-11-17(19)29-13-18(25)28-2;16-12-7-9(1-6-14(19)20)8-13(17)15(12)21-11-4-2-10(18)3-5-11/h4-11H,3,12-13H2,1-2H3,(H2,23,27);2-5,7-8,18H,1,6H2,(H,19,20). The van der Waals surface area contributed by atoms with Crippen LogP contribution in [0, 0.1) is 7.14 Å². The fourth-order valence-electron chi connectivity index (χ4n) is 5.16. The quantitative estimate of drug-likeness (QED) is 0.0494. The van der Waals surface area contributed by atoms with Gasteiger partial charge in [0.2, 0.25) is 0 Å². The summed E-state index contributed by atoms with van der Waals surface area (Å²) < 4.78 is 19.9. The van der Waals surface area contributed by atoms with Crippen LogP contribution in [0.1, 0.15) is 40.5 Å². The Hall–Kier alpha value is -4.64. The van der Waals surface area contributed by atoms with Crippen molar-refractivity contribution < 1.29 is 43.6 Å². The number of methoxy groups -OCH3 is 1. The summed E-state index contributed by atoms with van der Waals surface area (Å²) in [5, 5.41) is 18.5. The number of aromatic nitrogens is 1. The summed E-state index contributed by atoms with van der Waals surface area (Å²) in [5.41, 5.74) is 8.96. The lowest BCUT2D eigenvalue weighted by molar-refractivity contribution is -0.143. The first-order valence-corrected chi connectivity index (χ1v) is 17.5. The molecule has 0 spiro atoms. The van der Waals surface area contributed by atoms with Crippen molar-refractivity contribution in [3.63, 3.8) is 0 Å². The first-order valence-electron chi connectivity index (χ1n) is 15.3. The summed E-state index contributed by atoms with van der Waals surface area (Å²) in [6, 6.07) is 25.4. The van der Waals surface area contributed by atoms with Gasteiger partial charge in [-0.15, -0.1) is 0 Å². The molecular formula is C37H34I2N2O9. The van der Waals surface area contributed by atoms with Crippen LogP contribution < -0.4 is 15.2 Å². The van der Waals surface area contributed by atoms with Gasteiger partial charge in [-0.25, -0.2) is 4.79 Å². The predicted octanol–water partition coefficient (Wildman–Crippen LogP) is 6.88. The molecule has 1 aromatic heterocycles. The maximum Gasteiger partial charge on any atom is 0.343 e. The number of hydrogen-bond donors (Lipinski definition) is 3. The molecule has 50 heavy (non-hydrogen) atoms. The van der Waals surface area contributed by atoms with E-state index in [1.54, 1.807) is 36.4 Å². The molecule has 4 N–H and O–H groups in total. The van der Waals surface area contributed by atoms with E-state index >= 15 is 0 Å². The average Bonchev–Trinajstić information content (AvgIpc) is 3.42. The van der Waals surface area contributed by atoms with Gasteiger partial charge in [-0.05, 0) is 118 Å². The lowest BCUT2D eigenvalue weighted by Gasteiger charge is -2.12. The highest BCUT2D eigenvalue weighted by Crippen LogP contribution is 2.36. The first kappa shape index (κ1) is 38.2. The van der Waals surface area contributed by atoms with E-state index in [0.717, 1.165) is 29.5 Å². The summed E-state index contributed by atoms with van der Waals surface area (Å²) in [6.45, 7) is 2.10. The zero-order valence-corrected chi connectivity index (χ0v) is 31.5. The van der Waals surface area contributed by atoms with Gasteiger partial charge in [0.05, 0.1) is 30.7 Å². The number of fused-ring (bicyclic) bond motifs is 1. The van der Waals surface area contributed by atoms with Gasteiger partial charge < -0.3 is 34.7 Å². The fraction of sp³-hybridized carbons (Fsp3) is 0.189. The van der Waals surface area contributed by atoms with E-state index in [-0.39, 0.29) is 24.3 Å². The minimum absolute atomic E-state index is 0.115. The number of rotatable bonds is 13. The number of hydrogen-bond acceptors (Lipinski definition) is 8. The van der Waals surface area contributed by atoms with Gasteiger partial charge in [0.1, 0.15) is 17.2 Å². The summed E-state index contributed by atoms with van der Waals surface area (Å²) in [5.74, 6) is -1.29. The van der Waals surface area contributed by atoms with Gasteiger partial charge in [0.15, 0.2) is 12.4 Å². The van der Waals surface area contributed by atoms with E-state index < -0.39 is 23.6 Å². The number of benzene rings is 4. The smallest absolute Gasteiger partial charge is 0.343 e. The number of carboxylic acid groups (broad SMARTS) is 1. The van der Waals surface area contributed by atoms with Crippen molar-refractivity contribution in [1.29, 1.82) is 0 Å². The van der Waals surface area contributed by atoms with Crippen LogP contribution in [0.3, 0.4) is 0 Å². The van der Waals surface area contributed by atoms with Crippen LogP contribution in [-0.4, -0.2) is 52.1 Å². The number of esters is 1. The highest BCUT2D eigenvalue weighted by Gasteiger charge is 2.27. The number of carboxylic acids is 1. The number of phenolic OH excluding ortho intramolecular Hbond substituents is 1. The second-order valence-corrected chi connectivity index (χ2v) is 13.2. The van der Waals surface area contributed by atoms with Crippen LogP contribution in [0.15, 0.2) is 84.9 Å². The normalized spacial score (nSPS) is 10.6. The summed E-state index contributed by atoms with van der Waals surface area (Å²) >= 11 is 4.35. The Labute approximate surface area is 315 Å². The summed E-state index contributed by atoms with van der Waals surface area (Å²) in [4.78, 5) is 46.6. The predicted molar refractivity (Wildman–Crippen MR) is 204 cm³/mol. The third-order valence-electron chi connectivity index (χ3n) is 7.44. The maximum atomic E-state index is 12.7. The highest BCUT2D eigenvalue weighted by atomic mass is 127. The first-order chi connectivity index (χ1) is 23.9. The van der Waals surface area contributed by atoms with Gasteiger partial charge in [0.25, 0.3) is 11.7 Å². The molecule has 0 atom stereocenters. The van der Waals surface area contributed by atoms with Crippen molar-refractivity contribution in [2.45, 2.75) is 32.7 Å². The van der Waals surface area contributed by atoms with Crippen LogP contribution >= 0.6 is 45.2 Å². The minimum Gasteiger partial charge on any atom is -0.508 e. The zero-order valence-electron chi connectivity index (χ0n) is 27.2. The number of nitrogens with zero attached hydrogens (tertiary/aromatic N) is 1. The number of nitrogens with two attached hydrogens (primary N) is 1. The number of Topliss-reactive ketones (excluding diaryl/α,β-unsaturated/α-hetero) is 1. The van der Waals surface area contributed by atoms with Crippen LogP contribution in [0.5, 0.6) is 23.0 Å². The molecule has 0 saturated carbocycles. The zero-order chi connectivity index (χ0) is 36.4. The Morgan fingerprint density at radius 2 is 1.54 bits per heavy atom. The molecule has 0 fully saturated rings. The lowest BCUT2D eigenvalue weighted by Crippen LogP contribution is -2.24. The number of aromatic hydroxyl groups is 1. The fourth-order valence-corrected chi connectivity index (χ4v) is 7.27. The molecule has 0 aliphatic carbocycles. The van der Waals surface area contributed by atoms with Crippen LogP contribution in [0.25, 0.3) is 10.9 Å². The summed E-state index contributed by atoms with van der Waals surface area (Å²) in [6.07, 6.45) is 1.12. The van der Waals surface area contributed by atoms with Crippen molar-refractivity contribution in [1.82, 2.24) is 4.57 Å². The molecule has 13 heteroatoms. The third kappa shape index (κ3) is 9.74. The summed E-state index contributed by atoms with van der Waals surface area (Å²) in [7, 11) is 1.26. The maximum absolute atomic E-state index is 12.7.